The van der Waals surface area contributed by atoms with E-state index >= 15 is 0 Å². The Balaban J connectivity index is 1.60. The lowest BCUT2D eigenvalue weighted by atomic mass is 10.1. The molecule has 136 valence electrons. The fourth-order valence-corrected chi connectivity index (χ4v) is 2.98. The number of benzene rings is 1. The molecule has 10 heteroatoms. The van der Waals surface area contributed by atoms with Crippen LogP contribution < -0.4 is 4.74 Å². The monoisotopic (exact) mass is 374 g/mol. The van der Waals surface area contributed by atoms with Gasteiger partial charge in [0.1, 0.15) is 24.8 Å². The van der Waals surface area contributed by atoms with Crippen molar-refractivity contribution in [2.24, 2.45) is 7.05 Å². The van der Waals surface area contributed by atoms with Crippen LogP contribution in [-0.4, -0.2) is 29.5 Å². The number of nitro groups is 1. The molecule has 0 unspecified atom stereocenters. The highest BCUT2D eigenvalue weighted by molar-refractivity contribution is 7.98. The molecule has 0 aliphatic rings. The van der Waals surface area contributed by atoms with Gasteiger partial charge in [-0.25, -0.2) is 0 Å². The summed E-state index contributed by atoms with van der Waals surface area (Å²) in [5.74, 6) is 1.88. The average Bonchev–Trinajstić information content (AvgIpc) is 3.21. The summed E-state index contributed by atoms with van der Waals surface area (Å²) in [7, 11) is 1.85. The summed E-state index contributed by atoms with van der Waals surface area (Å²) in [5, 5.41) is 23.6. The van der Waals surface area contributed by atoms with Crippen molar-refractivity contribution in [2.75, 3.05) is 0 Å². The fourth-order valence-electron chi connectivity index (χ4n) is 2.19. The molecule has 0 saturated heterocycles. The van der Waals surface area contributed by atoms with E-state index in [9.17, 15) is 10.1 Å². The minimum atomic E-state index is -0.473. The molecule has 3 aromatic rings. The Morgan fingerprint density at radius 1 is 1.27 bits per heavy atom. The molecule has 9 nitrogen and oxygen atoms in total. The largest absolute Gasteiger partial charge is 0.486 e. The van der Waals surface area contributed by atoms with Gasteiger partial charge in [0, 0.05) is 7.05 Å². The van der Waals surface area contributed by atoms with Crippen LogP contribution in [0, 0.1) is 24.0 Å². The summed E-state index contributed by atoms with van der Waals surface area (Å²) in [6.07, 6.45) is 2.60. The van der Waals surface area contributed by atoms with Crippen LogP contribution in [0.4, 0.5) is 5.69 Å². The molecule has 2 heterocycles. The molecule has 26 heavy (non-hydrogen) atoms. The zero-order chi connectivity index (χ0) is 18.7. The van der Waals surface area contributed by atoms with Crippen molar-refractivity contribution in [2.45, 2.75) is 31.5 Å². The van der Waals surface area contributed by atoms with E-state index < -0.39 is 4.92 Å². The summed E-state index contributed by atoms with van der Waals surface area (Å²) < 4.78 is 9.12. The highest BCUT2D eigenvalue weighted by atomic mass is 32.2. The SMILES string of the molecule is Cc1ccc(OCc2nnc(SCn3cc([N+](=O)[O-])cn3)n2C)cc1C. The van der Waals surface area contributed by atoms with E-state index in [1.54, 1.807) is 0 Å². The van der Waals surface area contributed by atoms with E-state index in [0.717, 1.165) is 5.75 Å². The van der Waals surface area contributed by atoms with E-state index in [2.05, 4.69) is 22.2 Å². The Hall–Kier alpha value is -2.88. The maximum atomic E-state index is 10.7. The van der Waals surface area contributed by atoms with Gasteiger partial charge in [0.2, 0.25) is 0 Å². The zero-order valence-electron chi connectivity index (χ0n) is 14.6. The number of thioether (sulfide) groups is 1. The minimum Gasteiger partial charge on any atom is -0.486 e. The number of aromatic nitrogens is 5. The van der Waals surface area contributed by atoms with Crippen molar-refractivity contribution in [3.05, 3.63) is 57.7 Å². The van der Waals surface area contributed by atoms with Crippen LogP contribution in [0.25, 0.3) is 0 Å². The zero-order valence-corrected chi connectivity index (χ0v) is 15.4. The smallest absolute Gasteiger partial charge is 0.307 e. The fraction of sp³-hybridized carbons (Fsp3) is 0.312. The summed E-state index contributed by atoms with van der Waals surface area (Å²) in [6.45, 7) is 4.40. The first-order valence-corrected chi connectivity index (χ1v) is 8.80. The lowest BCUT2D eigenvalue weighted by Gasteiger charge is -2.08. The van der Waals surface area contributed by atoms with Crippen LogP contribution >= 0.6 is 11.8 Å². The highest BCUT2D eigenvalue weighted by Crippen LogP contribution is 2.21. The second-order valence-corrected chi connectivity index (χ2v) is 6.67. The predicted octanol–water partition coefficient (Wildman–Crippen LogP) is 2.87. The third kappa shape index (κ3) is 4.02. The standard InChI is InChI=1S/C16H18N6O3S/c1-11-4-5-14(6-12(11)2)25-9-15-18-19-16(20(15)3)26-10-21-8-13(7-17-21)22(23)24/h4-8H,9-10H2,1-3H3. The molecule has 3 rings (SSSR count). The molecule has 0 spiro atoms. The van der Waals surface area contributed by atoms with Crippen molar-refractivity contribution >= 4 is 17.4 Å². The maximum Gasteiger partial charge on any atom is 0.307 e. The number of nitrogens with zero attached hydrogens (tertiary/aromatic N) is 6. The van der Waals surface area contributed by atoms with E-state index in [0.29, 0.717) is 23.5 Å². The van der Waals surface area contributed by atoms with Gasteiger partial charge in [-0.1, -0.05) is 17.8 Å². The average molecular weight is 374 g/mol. The summed E-state index contributed by atoms with van der Waals surface area (Å²) in [4.78, 5) is 10.2. The number of hydrogen-bond donors (Lipinski definition) is 0. The van der Waals surface area contributed by atoms with Gasteiger partial charge in [0.15, 0.2) is 11.0 Å². The van der Waals surface area contributed by atoms with E-state index in [4.69, 9.17) is 4.74 Å². The molecule has 0 atom stereocenters. The molecule has 0 radical (unpaired) electrons. The van der Waals surface area contributed by atoms with Crippen molar-refractivity contribution in [3.8, 4) is 5.75 Å². The molecule has 0 aliphatic carbocycles. The molecule has 2 aromatic heterocycles. The van der Waals surface area contributed by atoms with Gasteiger partial charge in [-0.05, 0) is 37.1 Å². The van der Waals surface area contributed by atoms with Crippen molar-refractivity contribution < 1.29 is 9.66 Å². The number of rotatable bonds is 7. The van der Waals surface area contributed by atoms with Crippen LogP contribution in [0.5, 0.6) is 5.75 Å². The van der Waals surface area contributed by atoms with Crippen LogP contribution in [0.15, 0.2) is 35.7 Å². The lowest BCUT2D eigenvalue weighted by molar-refractivity contribution is -0.385. The second kappa shape index (κ2) is 7.56. The van der Waals surface area contributed by atoms with Crippen LogP contribution in [0.2, 0.25) is 0 Å². The Morgan fingerprint density at radius 2 is 2.08 bits per heavy atom. The van der Waals surface area contributed by atoms with Gasteiger partial charge in [-0.3, -0.25) is 14.8 Å². The first-order valence-electron chi connectivity index (χ1n) is 7.82. The molecule has 0 aliphatic heterocycles. The summed E-state index contributed by atoms with van der Waals surface area (Å²) in [6, 6.07) is 5.94. The van der Waals surface area contributed by atoms with E-state index in [-0.39, 0.29) is 5.69 Å². The first-order chi connectivity index (χ1) is 12.4. The van der Waals surface area contributed by atoms with Crippen LogP contribution in [0.3, 0.4) is 0 Å². The molecular weight excluding hydrogens is 356 g/mol. The number of aryl methyl sites for hydroxylation is 2. The number of hydrogen-bond acceptors (Lipinski definition) is 7. The van der Waals surface area contributed by atoms with Crippen LogP contribution in [-0.2, 0) is 19.5 Å². The molecule has 0 N–H and O–H groups in total. The molecule has 0 saturated carbocycles. The molecule has 0 bridgehead atoms. The normalized spacial score (nSPS) is 10.9. The molecular formula is C16H18N6O3S. The maximum absolute atomic E-state index is 10.7. The van der Waals surface area contributed by atoms with Gasteiger partial charge in [0.05, 0.1) is 10.8 Å². The van der Waals surface area contributed by atoms with Crippen molar-refractivity contribution in [3.63, 3.8) is 0 Å². The van der Waals surface area contributed by atoms with Gasteiger partial charge >= 0.3 is 5.69 Å². The van der Waals surface area contributed by atoms with Gasteiger partial charge in [-0.15, -0.1) is 10.2 Å². The van der Waals surface area contributed by atoms with Gasteiger partial charge < -0.3 is 9.30 Å². The van der Waals surface area contributed by atoms with Gasteiger partial charge in [-0.2, -0.15) is 5.10 Å². The van der Waals surface area contributed by atoms with Crippen molar-refractivity contribution in [1.29, 1.82) is 0 Å². The topological polar surface area (TPSA) is 101 Å². The summed E-state index contributed by atoms with van der Waals surface area (Å²) in [5.41, 5.74) is 2.35. The van der Waals surface area contributed by atoms with Gasteiger partial charge in [0.25, 0.3) is 0 Å². The summed E-state index contributed by atoms with van der Waals surface area (Å²) >= 11 is 1.38. The second-order valence-electron chi connectivity index (χ2n) is 5.76. The third-order valence-corrected chi connectivity index (χ3v) is 4.94. The molecule has 0 amide bonds. The highest BCUT2D eigenvalue weighted by Gasteiger charge is 2.12. The molecule has 1 aromatic carbocycles. The first kappa shape index (κ1) is 17.9. The number of ether oxygens (including phenoxy) is 1. The predicted molar refractivity (Wildman–Crippen MR) is 96.0 cm³/mol. The lowest BCUT2D eigenvalue weighted by Crippen LogP contribution is -2.05. The Morgan fingerprint density at radius 3 is 2.77 bits per heavy atom. The minimum absolute atomic E-state index is 0.0361. The van der Waals surface area contributed by atoms with E-state index in [1.165, 1.54) is 40.0 Å². The van der Waals surface area contributed by atoms with E-state index in [1.807, 2.05) is 36.7 Å². The third-order valence-electron chi connectivity index (χ3n) is 3.93. The Kier molecular flexibility index (Phi) is 5.21. The Labute approximate surface area is 154 Å². The van der Waals surface area contributed by atoms with Crippen LogP contribution in [0.1, 0.15) is 17.0 Å². The Bertz CT molecular complexity index is 936. The quantitative estimate of drug-likeness (QED) is 0.356. The van der Waals surface area contributed by atoms with Crippen molar-refractivity contribution in [1.82, 2.24) is 24.5 Å². The molecule has 0 fully saturated rings.